The third kappa shape index (κ3) is 2.47. The van der Waals surface area contributed by atoms with Gasteiger partial charge in [-0.2, -0.15) is 0 Å². The molecule has 0 bridgehead atoms. The average molecular weight is 248 g/mol. The monoisotopic (exact) mass is 248 g/mol. The minimum absolute atomic E-state index is 0.644. The molecule has 0 aliphatic heterocycles. The lowest BCUT2D eigenvalue weighted by Gasteiger charge is -2.07. The van der Waals surface area contributed by atoms with Crippen molar-refractivity contribution in [3.63, 3.8) is 0 Å². The molecule has 2 nitrogen and oxygen atoms in total. The first kappa shape index (κ1) is 11.5. The third-order valence-electron chi connectivity index (χ3n) is 2.97. The van der Waals surface area contributed by atoms with Crippen LogP contribution in [-0.2, 0) is 0 Å². The molecule has 0 saturated heterocycles. The van der Waals surface area contributed by atoms with E-state index in [1.807, 2.05) is 30.3 Å². The van der Waals surface area contributed by atoms with E-state index >= 15 is 0 Å². The Labute approximate surface area is 111 Å². The first-order valence-corrected chi connectivity index (χ1v) is 6.07. The molecule has 92 valence electrons. The second-order valence-electron chi connectivity index (χ2n) is 4.30. The highest BCUT2D eigenvalue weighted by Crippen LogP contribution is 2.25. The zero-order chi connectivity index (χ0) is 13.1. The highest BCUT2D eigenvalue weighted by atomic mass is 16.5. The predicted molar refractivity (Wildman–Crippen MR) is 75.9 cm³/mol. The van der Waals surface area contributed by atoms with Gasteiger partial charge in [-0.3, -0.25) is 4.79 Å². The highest BCUT2D eigenvalue weighted by molar-refractivity contribution is 5.83. The fraction of sp³-hybridized carbons (Fsp3) is 0. The maximum absolute atomic E-state index is 10.6. The van der Waals surface area contributed by atoms with Gasteiger partial charge in [0.15, 0.2) is 0 Å². The van der Waals surface area contributed by atoms with Crippen LogP contribution in [0.15, 0.2) is 66.7 Å². The van der Waals surface area contributed by atoms with Gasteiger partial charge in [0.25, 0.3) is 0 Å². The van der Waals surface area contributed by atoms with Gasteiger partial charge in [0.2, 0.25) is 0 Å². The van der Waals surface area contributed by atoms with Crippen molar-refractivity contribution >= 4 is 17.1 Å². The summed E-state index contributed by atoms with van der Waals surface area (Å²) >= 11 is 0. The molecule has 0 aromatic heterocycles. The van der Waals surface area contributed by atoms with Crippen molar-refractivity contribution in [2.45, 2.75) is 0 Å². The third-order valence-corrected chi connectivity index (χ3v) is 2.97. The first-order valence-electron chi connectivity index (χ1n) is 6.07. The molecule has 0 spiro atoms. The molecule has 0 saturated carbocycles. The summed E-state index contributed by atoms with van der Waals surface area (Å²) in [5.74, 6) is 1.51. The van der Waals surface area contributed by atoms with Crippen LogP contribution in [0.25, 0.3) is 10.8 Å². The van der Waals surface area contributed by atoms with E-state index in [9.17, 15) is 4.79 Å². The molecule has 2 heteroatoms. The van der Waals surface area contributed by atoms with E-state index in [4.69, 9.17) is 4.74 Å². The van der Waals surface area contributed by atoms with Crippen molar-refractivity contribution in [2.24, 2.45) is 0 Å². The van der Waals surface area contributed by atoms with Gasteiger partial charge in [-0.1, -0.05) is 30.3 Å². The van der Waals surface area contributed by atoms with Gasteiger partial charge in [-0.15, -0.1) is 0 Å². The lowest BCUT2D eigenvalue weighted by molar-refractivity contribution is 0.112. The number of carbonyl (C=O) groups is 1. The summed E-state index contributed by atoms with van der Waals surface area (Å²) < 4.78 is 5.77. The van der Waals surface area contributed by atoms with Crippen molar-refractivity contribution in [2.75, 3.05) is 0 Å². The van der Waals surface area contributed by atoms with Crippen LogP contribution in [0.5, 0.6) is 11.5 Å². The fourth-order valence-corrected chi connectivity index (χ4v) is 1.98. The zero-order valence-corrected chi connectivity index (χ0v) is 10.2. The Kier molecular flexibility index (Phi) is 2.99. The highest BCUT2D eigenvalue weighted by Gasteiger charge is 1.99. The predicted octanol–water partition coefficient (Wildman–Crippen LogP) is 4.44. The van der Waals surface area contributed by atoms with Gasteiger partial charge in [0.05, 0.1) is 0 Å². The number of aldehydes is 1. The van der Waals surface area contributed by atoms with Crippen LogP contribution in [0.2, 0.25) is 0 Å². The van der Waals surface area contributed by atoms with E-state index in [1.165, 1.54) is 5.39 Å². The van der Waals surface area contributed by atoms with E-state index < -0.39 is 0 Å². The Bertz CT molecular complexity index is 715. The lowest BCUT2D eigenvalue weighted by atomic mass is 10.1. The number of hydrogen-bond donors (Lipinski definition) is 0. The van der Waals surface area contributed by atoms with E-state index in [2.05, 4.69) is 12.1 Å². The van der Waals surface area contributed by atoms with Gasteiger partial charge in [0.1, 0.15) is 17.8 Å². The molecular weight excluding hydrogens is 236 g/mol. The summed E-state index contributed by atoms with van der Waals surface area (Å²) in [5, 5.41) is 2.33. The number of rotatable bonds is 3. The molecule has 0 fully saturated rings. The first-order chi connectivity index (χ1) is 9.35. The molecule has 3 aromatic carbocycles. The Hall–Kier alpha value is -2.61. The molecule has 0 heterocycles. The maximum atomic E-state index is 10.6. The van der Waals surface area contributed by atoms with Gasteiger partial charge in [0, 0.05) is 5.56 Å². The van der Waals surface area contributed by atoms with Crippen LogP contribution in [-0.4, -0.2) is 6.29 Å². The zero-order valence-electron chi connectivity index (χ0n) is 10.2. The number of hydrogen-bond acceptors (Lipinski definition) is 2. The molecule has 0 aliphatic rings. The second kappa shape index (κ2) is 4.94. The minimum Gasteiger partial charge on any atom is -0.457 e. The molecule has 3 rings (SSSR count). The molecule has 0 radical (unpaired) electrons. The molecule has 3 aromatic rings. The van der Waals surface area contributed by atoms with Crippen LogP contribution < -0.4 is 4.74 Å². The molecule has 19 heavy (non-hydrogen) atoms. The van der Waals surface area contributed by atoms with Crippen molar-refractivity contribution in [3.05, 3.63) is 72.3 Å². The normalized spacial score (nSPS) is 10.3. The Morgan fingerprint density at radius 3 is 2.16 bits per heavy atom. The maximum Gasteiger partial charge on any atom is 0.150 e. The van der Waals surface area contributed by atoms with Crippen LogP contribution in [0.1, 0.15) is 10.4 Å². The summed E-state index contributed by atoms with van der Waals surface area (Å²) in [7, 11) is 0. The Balaban J connectivity index is 1.89. The van der Waals surface area contributed by atoms with Crippen LogP contribution in [0, 0.1) is 0 Å². The fourth-order valence-electron chi connectivity index (χ4n) is 1.98. The SMILES string of the molecule is O=Cc1ccc(Oc2ccc3ccccc3c2)cc1. The molecular formula is C17H12O2. The molecule has 0 atom stereocenters. The van der Waals surface area contributed by atoms with E-state index in [-0.39, 0.29) is 0 Å². The summed E-state index contributed by atoms with van der Waals surface area (Å²) in [6.45, 7) is 0. The quantitative estimate of drug-likeness (QED) is 0.640. The number of fused-ring (bicyclic) bond motifs is 1. The van der Waals surface area contributed by atoms with Crippen molar-refractivity contribution in [3.8, 4) is 11.5 Å². The minimum atomic E-state index is 0.644. The van der Waals surface area contributed by atoms with Gasteiger partial charge >= 0.3 is 0 Å². The Morgan fingerprint density at radius 2 is 1.42 bits per heavy atom. The summed E-state index contributed by atoms with van der Waals surface area (Å²) in [5.41, 5.74) is 0.644. The van der Waals surface area contributed by atoms with E-state index in [0.29, 0.717) is 5.56 Å². The molecule has 0 aliphatic carbocycles. The standard InChI is InChI=1S/C17H12O2/c18-12-13-5-8-16(9-6-13)19-17-10-7-14-3-1-2-4-15(14)11-17/h1-12H. The van der Waals surface area contributed by atoms with Crippen molar-refractivity contribution in [1.29, 1.82) is 0 Å². The average Bonchev–Trinajstić information content (AvgIpc) is 2.48. The summed E-state index contributed by atoms with van der Waals surface area (Å²) in [6, 6.07) is 21.2. The van der Waals surface area contributed by atoms with Crippen LogP contribution in [0.3, 0.4) is 0 Å². The van der Waals surface area contributed by atoms with Crippen molar-refractivity contribution in [1.82, 2.24) is 0 Å². The number of benzene rings is 3. The largest absolute Gasteiger partial charge is 0.457 e. The number of carbonyl (C=O) groups excluding carboxylic acids is 1. The van der Waals surface area contributed by atoms with Gasteiger partial charge in [-0.05, 0) is 47.2 Å². The molecule has 0 unspecified atom stereocenters. The molecule has 0 amide bonds. The Morgan fingerprint density at radius 1 is 0.737 bits per heavy atom. The van der Waals surface area contributed by atoms with Crippen LogP contribution >= 0.6 is 0 Å². The van der Waals surface area contributed by atoms with E-state index in [0.717, 1.165) is 23.2 Å². The summed E-state index contributed by atoms with van der Waals surface area (Å²) in [4.78, 5) is 10.6. The second-order valence-corrected chi connectivity index (χ2v) is 4.30. The lowest BCUT2D eigenvalue weighted by Crippen LogP contribution is -1.85. The molecule has 0 N–H and O–H groups in total. The number of ether oxygens (including phenoxy) is 1. The van der Waals surface area contributed by atoms with E-state index in [1.54, 1.807) is 24.3 Å². The smallest absolute Gasteiger partial charge is 0.150 e. The van der Waals surface area contributed by atoms with Gasteiger partial charge < -0.3 is 4.74 Å². The van der Waals surface area contributed by atoms with Crippen LogP contribution in [0.4, 0.5) is 0 Å². The van der Waals surface area contributed by atoms with Crippen molar-refractivity contribution < 1.29 is 9.53 Å². The summed E-state index contributed by atoms with van der Waals surface area (Å²) in [6.07, 6.45) is 0.819. The van der Waals surface area contributed by atoms with Gasteiger partial charge in [-0.25, -0.2) is 0 Å². The topological polar surface area (TPSA) is 26.3 Å².